The number of amides is 1. The van der Waals surface area contributed by atoms with Crippen molar-refractivity contribution >= 4 is 23.5 Å². The lowest BCUT2D eigenvalue weighted by Crippen LogP contribution is -2.41. The van der Waals surface area contributed by atoms with Crippen LogP contribution in [0.4, 0.5) is 0 Å². The van der Waals surface area contributed by atoms with Gasteiger partial charge in [0.1, 0.15) is 0 Å². The van der Waals surface area contributed by atoms with E-state index in [-0.39, 0.29) is 24.7 Å². The Hall–Kier alpha value is -1.55. The number of nitrogens with zero attached hydrogens (tertiary/aromatic N) is 1. The number of carbonyl (C=O) groups excluding carboxylic acids is 1. The Morgan fingerprint density at radius 2 is 2.10 bits per heavy atom. The number of likely N-dealkylation sites (tertiary alicyclic amines) is 1. The summed E-state index contributed by atoms with van der Waals surface area (Å²) < 4.78 is 0. The molecular weight excluding hydrogens is 278 g/mol. The lowest BCUT2D eigenvalue weighted by Gasteiger charge is -2.32. The number of rotatable bonds is 4. The molecule has 1 aromatic rings. The van der Waals surface area contributed by atoms with Crippen LogP contribution in [0.1, 0.15) is 24.8 Å². The summed E-state index contributed by atoms with van der Waals surface area (Å²) in [6, 6.07) is 7.31. The molecule has 1 aliphatic heterocycles. The molecule has 1 aromatic carbocycles. The minimum atomic E-state index is -0.796. The van der Waals surface area contributed by atoms with Gasteiger partial charge in [-0.05, 0) is 30.4 Å². The fourth-order valence-electron chi connectivity index (χ4n) is 2.62. The Morgan fingerprint density at radius 3 is 2.80 bits per heavy atom. The first kappa shape index (κ1) is 14.9. The standard InChI is InChI=1S/C15H18ClNO3/c16-13-6-2-1-5-12(13)9-14(18)17-7-3-4-11(10-17)8-15(19)20/h1-2,5-6,11H,3-4,7-10H2,(H,19,20). The maximum atomic E-state index is 12.3. The predicted molar refractivity (Wildman–Crippen MR) is 76.7 cm³/mol. The molecule has 1 fully saturated rings. The molecular formula is C15H18ClNO3. The Kier molecular flexibility index (Phi) is 5.01. The highest BCUT2D eigenvalue weighted by Gasteiger charge is 2.25. The van der Waals surface area contributed by atoms with Crippen LogP contribution in [0, 0.1) is 5.92 Å². The predicted octanol–water partition coefficient (Wildman–Crippen LogP) is 2.60. The lowest BCUT2D eigenvalue weighted by molar-refractivity contribution is -0.140. The molecule has 4 nitrogen and oxygen atoms in total. The number of benzene rings is 1. The third kappa shape index (κ3) is 3.97. The molecule has 2 rings (SSSR count). The monoisotopic (exact) mass is 295 g/mol. The van der Waals surface area contributed by atoms with E-state index in [1.807, 2.05) is 18.2 Å². The average Bonchev–Trinajstić information content (AvgIpc) is 2.41. The average molecular weight is 296 g/mol. The zero-order valence-electron chi connectivity index (χ0n) is 11.2. The fourth-order valence-corrected chi connectivity index (χ4v) is 2.82. The second-order valence-electron chi connectivity index (χ2n) is 5.21. The summed E-state index contributed by atoms with van der Waals surface area (Å²) in [6.07, 6.45) is 2.16. The van der Waals surface area contributed by atoms with Crippen LogP contribution in [0.25, 0.3) is 0 Å². The lowest BCUT2D eigenvalue weighted by atomic mass is 9.94. The SMILES string of the molecule is O=C(O)CC1CCCN(C(=O)Cc2ccccc2Cl)C1. The van der Waals surface area contributed by atoms with E-state index in [9.17, 15) is 9.59 Å². The van der Waals surface area contributed by atoms with Crippen molar-refractivity contribution in [2.24, 2.45) is 5.92 Å². The van der Waals surface area contributed by atoms with E-state index in [1.54, 1.807) is 11.0 Å². The number of halogens is 1. The van der Waals surface area contributed by atoms with Crippen molar-refractivity contribution in [1.82, 2.24) is 4.90 Å². The molecule has 0 aliphatic carbocycles. The van der Waals surface area contributed by atoms with Crippen molar-refractivity contribution in [1.29, 1.82) is 0 Å². The molecule has 0 bridgehead atoms. The van der Waals surface area contributed by atoms with Crippen LogP contribution in [-0.4, -0.2) is 35.0 Å². The normalized spacial score (nSPS) is 18.9. The molecule has 1 aliphatic rings. The van der Waals surface area contributed by atoms with Crippen molar-refractivity contribution < 1.29 is 14.7 Å². The smallest absolute Gasteiger partial charge is 0.303 e. The van der Waals surface area contributed by atoms with Gasteiger partial charge in [0.2, 0.25) is 5.91 Å². The Balaban J connectivity index is 1.95. The van der Waals surface area contributed by atoms with Gasteiger partial charge in [-0.3, -0.25) is 9.59 Å². The van der Waals surface area contributed by atoms with E-state index in [4.69, 9.17) is 16.7 Å². The number of carboxylic acid groups (broad SMARTS) is 1. The minimum Gasteiger partial charge on any atom is -0.481 e. The first-order chi connectivity index (χ1) is 9.56. The molecule has 108 valence electrons. The highest BCUT2D eigenvalue weighted by atomic mass is 35.5. The molecule has 1 saturated heterocycles. The van der Waals surface area contributed by atoms with Gasteiger partial charge >= 0.3 is 5.97 Å². The van der Waals surface area contributed by atoms with E-state index in [0.29, 0.717) is 18.1 Å². The largest absolute Gasteiger partial charge is 0.481 e. The summed E-state index contributed by atoms with van der Waals surface area (Å²) in [5, 5.41) is 9.44. The number of piperidine rings is 1. The van der Waals surface area contributed by atoms with Crippen LogP contribution in [0.15, 0.2) is 24.3 Å². The summed E-state index contributed by atoms with van der Waals surface area (Å²) in [5.41, 5.74) is 0.819. The van der Waals surface area contributed by atoms with Gasteiger partial charge in [0.25, 0.3) is 0 Å². The van der Waals surface area contributed by atoms with Crippen LogP contribution >= 0.6 is 11.6 Å². The molecule has 1 N–H and O–H groups in total. The molecule has 0 aromatic heterocycles. The van der Waals surface area contributed by atoms with Crippen LogP contribution in [0.5, 0.6) is 0 Å². The maximum Gasteiger partial charge on any atom is 0.303 e. The molecule has 1 unspecified atom stereocenters. The summed E-state index contributed by atoms with van der Waals surface area (Å²) in [7, 11) is 0. The van der Waals surface area contributed by atoms with Gasteiger partial charge in [-0.1, -0.05) is 29.8 Å². The van der Waals surface area contributed by atoms with E-state index in [2.05, 4.69) is 0 Å². The molecule has 5 heteroatoms. The van der Waals surface area contributed by atoms with Crippen LogP contribution in [-0.2, 0) is 16.0 Å². The van der Waals surface area contributed by atoms with Crippen molar-refractivity contribution in [3.8, 4) is 0 Å². The second-order valence-corrected chi connectivity index (χ2v) is 5.62. The summed E-state index contributed by atoms with van der Waals surface area (Å²) in [6.45, 7) is 1.25. The molecule has 20 heavy (non-hydrogen) atoms. The Labute approximate surface area is 123 Å². The van der Waals surface area contributed by atoms with Crippen LogP contribution < -0.4 is 0 Å². The van der Waals surface area contributed by atoms with Crippen molar-refractivity contribution in [3.63, 3.8) is 0 Å². The second kappa shape index (κ2) is 6.75. The number of carbonyl (C=O) groups is 2. The van der Waals surface area contributed by atoms with Gasteiger partial charge in [-0.15, -0.1) is 0 Å². The Bertz CT molecular complexity index is 504. The van der Waals surface area contributed by atoms with Gasteiger partial charge in [-0.2, -0.15) is 0 Å². The van der Waals surface area contributed by atoms with E-state index >= 15 is 0 Å². The fraction of sp³-hybridized carbons (Fsp3) is 0.467. The van der Waals surface area contributed by atoms with Crippen molar-refractivity contribution in [2.45, 2.75) is 25.7 Å². The van der Waals surface area contributed by atoms with Crippen molar-refractivity contribution in [2.75, 3.05) is 13.1 Å². The topological polar surface area (TPSA) is 57.6 Å². The molecule has 1 amide bonds. The minimum absolute atomic E-state index is 0.0215. The van der Waals surface area contributed by atoms with Crippen molar-refractivity contribution in [3.05, 3.63) is 34.9 Å². The van der Waals surface area contributed by atoms with Gasteiger partial charge < -0.3 is 10.0 Å². The van der Waals surface area contributed by atoms with Gasteiger partial charge in [0, 0.05) is 24.5 Å². The summed E-state index contributed by atoms with van der Waals surface area (Å²) >= 11 is 6.06. The molecule has 1 heterocycles. The summed E-state index contributed by atoms with van der Waals surface area (Å²) in [4.78, 5) is 24.8. The quantitative estimate of drug-likeness (QED) is 0.929. The third-order valence-electron chi connectivity index (χ3n) is 3.63. The van der Waals surface area contributed by atoms with Gasteiger partial charge in [0.05, 0.1) is 6.42 Å². The first-order valence-corrected chi connectivity index (χ1v) is 7.17. The number of hydrogen-bond acceptors (Lipinski definition) is 2. The van der Waals surface area contributed by atoms with E-state index in [0.717, 1.165) is 18.4 Å². The number of hydrogen-bond donors (Lipinski definition) is 1. The number of carboxylic acids is 1. The number of aliphatic carboxylic acids is 1. The van der Waals surface area contributed by atoms with Crippen LogP contribution in [0.3, 0.4) is 0 Å². The molecule has 0 spiro atoms. The van der Waals surface area contributed by atoms with E-state index < -0.39 is 5.97 Å². The zero-order valence-corrected chi connectivity index (χ0v) is 12.0. The molecule has 1 atom stereocenters. The maximum absolute atomic E-state index is 12.3. The van der Waals surface area contributed by atoms with Gasteiger partial charge in [0.15, 0.2) is 0 Å². The molecule has 0 radical (unpaired) electrons. The highest BCUT2D eigenvalue weighted by molar-refractivity contribution is 6.31. The first-order valence-electron chi connectivity index (χ1n) is 6.79. The van der Waals surface area contributed by atoms with Crippen LogP contribution in [0.2, 0.25) is 5.02 Å². The van der Waals surface area contributed by atoms with Gasteiger partial charge in [-0.25, -0.2) is 0 Å². The summed E-state index contributed by atoms with van der Waals surface area (Å²) in [5.74, 6) is -0.708. The van der Waals surface area contributed by atoms with E-state index in [1.165, 1.54) is 0 Å². The molecule has 0 saturated carbocycles. The highest BCUT2D eigenvalue weighted by Crippen LogP contribution is 2.22. The zero-order chi connectivity index (χ0) is 14.5. The Morgan fingerprint density at radius 1 is 1.35 bits per heavy atom. The third-order valence-corrected chi connectivity index (χ3v) is 4.00.